The Kier molecular flexibility index (Phi) is 7.19. The average molecular weight is 392 g/mol. The molecule has 2 aromatic carbocycles. The summed E-state index contributed by atoms with van der Waals surface area (Å²) in [5, 5.41) is 6.19. The fourth-order valence-corrected chi connectivity index (χ4v) is 3.35. The van der Waals surface area contributed by atoms with Gasteiger partial charge in [0.1, 0.15) is 0 Å². The van der Waals surface area contributed by atoms with E-state index in [4.69, 9.17) is 4.74 Å². The van der Waals surface area contributed by atoms with Crippen LogP contribution in [0, 0.1) is 0 Å². The van der Waals surface area contributed by atoms with Gasteiger partial charge in [-0.2, -0.15) is 0 Å². The fourth-order valence-electron chi connectivity index (χ4n) is 3.35. The Hall–Kier alpha value is -2.92. The standard InChI is InChI=1S/C24H28N2O3/c1-17(2)29-16-20-15-21(25-23(27)18-9-5-3-6-10-18)13-14-22(20)26-24(28)19-11-7-4-8-12-19/h3-12,15,17,21-22H,13-14,16H2,1-2H3,(H,25,27)(H,26,28)/t21-,22+/m1/s1. The molecule has 0 radical (unpaired) electrons. The molecule has 0 saturated heterocycles. The van der Waals surface area contributed by atoms with Crippen LogP contribution >= 0.6 is 0 Å². The molecule has 0 fully saturated rings. The van der Waals surface area contributed by atoms with Crippen LogP contribution < -0.4 is 10.6 Å². The highest BCUT2D eigenvalue weighted by atomic mass is 16.5. The van der Waals surface area contributed by atoms with Gasteiger partial charge in [0.25, 0.3) is 11.8 Å². The van der Waals surface area contributed by atoms with E-state index >= 15 is 0 Å². The van der Waals surface area contributed by atoms with E-state index in [2.05, 4.69) is 10.6 Å². The summed E-state index contributed by atoms with van der Waals surface area (Å²) in [6, 6.07) is 18.2. The molecule has 1 aliphatic carbocycles. The van der Waals surface area contributed by atoms with E-state index in [0.717, 1.165) is 18.4 Å². The minimum atomic E-state index is -0.105. The smallest absolute Gasteiger partial charge is 0.251 e. The van der Waals surface area contributed by atoms with Crippen LogP contribution in [-0.2, 0) is 4.74 Å². The highest BCUT2D eigenvalue weighted by molar-refractivity contribution is 5.95. The van der Waals surface area contributed by atoms with Crippen molar-refractivity contribution in [3.8, 4) is 0 Å². The van der Waals surface area contributed by atoms with Gasteiger partial charge in [0.15, 0.2) is 0 Å². The van der Waals surface area contributed by atoms with Crippen molar-refractivity contribution in [2.45, 2.75) is 44.9 Å². The lowest BCUT2D eigenvalue weighted by atomic mass is 9.90. The van der Waals surface area contributed by atoms with Gasteiger partial charge in [-0.05, 0) is 56.5 Å². The number of hydrogen-bond acceptors (Lipinski definition) is 3. The maximum Gasteiger partial charge on any atom is 0.251 e. The Morgan fingerprint density at radius 2 is 1.45 bits per heavy atom. The third-order valence-electron chi connectivity index (χ3n) is 4.91. The zero-order chi connectivity index (χ0) is 20.6. The molecular formula is C24H28N2O3. The molecule has 0 bridgehead atoms. The third-order valence-corrected chi connectivity index (χ3v) is 4.91. The van der Waals surface area contributed by atoms with Gasteiger partial charge in [0.2, 0.25) is 0 Å². The number of carbonyl (C=O) groups excluding carboxylic acids is 2. The Labute approximate surface area is 172 Å². The summed E-state index contributed by atoms with van der Waals surface area (Å²) in [6.07, 6.45) is 3.61. The van der Waals surface area contributed by atoms with E-state index in [0.29, 0.717) is 17.7 Å². The molecule has 2 N–H and O–H groups in total. The van der Waals surface area contributed by atoms with Gasteiger partial charge in [-0.3, -0.25) is 9.59 Å². The number of benzene rings is 2. The van der Waals surface area contributed by atoms with Crippen molar-refractivity contribution in [2.75, 3.05) is 6.61 Å². The van der Waals surface area contributed by atoms with Crippen molar-refractivity contribution >= 4 is 11.8 Å². The maximum absolute atomic E-state index is 12.6. The van der Waals surface area contributed by atoms with Crippen molar-refractivity contribution in [3.05, 3.63) is 83.4 Å². The molecule has 1 aliphatic rings. The van der Waals surface area contributed by atoms with Crippen LogP contribution in [0.5, 0.6) is 0 Å². The van der Waals surface area contributed by atoms with E-state index in [9.17, 15) is 9.59 Å². The highest BCUT2D eigenvalue weighted by Gasteiger charge is 2.26. The third kappa shape index (κ3) is 6.03. The lowest BCUT2D eigenvalue weighted by molar-refractivity contribution is 0.0854. The van der Waals surface area contributed by atoms with Gasteiger partial charge in [0.05, 0.1) is 18.8 Å². The summed E-state index contributed by atoms with van der Waals surface area (Å²) in [7, 11) is 0. The van der Waals surface area contributed by atoms with Crippen LogP contribution in [0.1, 0.15) is 47.4 Å². The molecule has 0 aromatic heterocycles. The summed E-state index contributed by atoms with van der Waals surface area (Å²) in [4.78, 5) is 25.1. The number of hydrogen-bond donors (Lipinski definition) is 2. The molecule has 3 rings (SSSR count). The fraction of sp³-hybridized carbons (Fsp3) is 0.333. The molecule has 2 atom stereocenters. The SMILES string of the molecule is CC(C)OCC1=C[C@H](NC(=O)c2ccccc2)CC[C@@H]1NC(=O)c1ccccc1. The predicted molar refractivity (Wildman–Crippen MR) is 114 cm³/mol. The van der Waals surface area contributed by atoms with Crippen LogP contribution in [0.25, 0.3) is 0 Å². The second kappa shape index (κ2) is 10.0. The minimum Gasteiger partial charge on any atom is -0.374 e. The quantitative estimate of drug-likeness (QED) is 0.706. The molecular weight excluding hydrogens is 364 g/mol. The summed E-state index contributed by atoms with van der Waals surface area (Å²) in [6.45, 7) is 4.39. The lowest BCUT2D eigenvalue weighted by Gasteiger charge is -2.30. The number of amides is 2. The first-order chi connectivity index (χ1) is 14.0. The van der Waals surface area contributed by atoms with Crippen molar-refractivity contribution in [2.24, 2.45) is 0 Å². The largest absolute Gasteiger partial charge is 0.374 e. The molecule has 0 heterocycles. The van der Waals surface area contributed by atoms with E-state index < -0.39 is 0 Å². The summed E-state index contributed by atoms with van der Waals surface area (Å²) >= 11 is 0. The first-order valence-corrected chi connectivity index (χ1v) is 10.1. The molecule has 5 heteroatoms. The van der Waals surface area contributed by atoms with E-state index in [1.165, 1.54) is 0 Å². The lowest BCUT2D eigenvalue weighted by Crippen LogP contribution is -2.44. The van der Waals surface area contributed by atoms with Gasteiger partial charge in [-0.15, -0.1) is 0 Å². The van der Waals surface area contributed by atoms with Crippen LogP contribution in [0.4, 0.5) is 0 Å². The second-order valence-corrected chi connectivity index (χ2v) is 7.52. The molecule has 5 nitrogen and oxygen atoms in total. The number of nitrogens with one attached hydrogen (secondary N) is 2. The van der Waals surface area contributed by atoms with Crippen LogP contribution in [0.3, 0.4) is 0 Å². The highest BCUT2D eigenvalue weighted by Crippen LogP contribution is 2.21. The topological polar surface area (TPSA) is 67.4 Å². The van der Waals surface area contributed by atoms with Crippen molar-refractivity contribution in [3.63, 3.8) is 0 Å². The molecule has 2 aromatic rings. The molecule has 29 heavy (non-hydrogen) atoms. The van der Waals surface area contributed by atoms with Gasteiger partial charge < -0.3 is 15.4 Å². The average Bonchev–Trinajstić information content (AvgIpc) is 2.74. The van der Waals surface area contributed by atoms with Crippen molar-refractivity contribution in [1.29, 1.82) is 0 Å². The molecule has 0 spiro atoms. The summed E-state index contributed by atoms with van der Waals surface area (Å²) in [5.41, 5.74) is 2.27. The Morgan fingerprint density at radius 3 is 2.00 bits per heavy atom. The number of ether oxygens (including phenoxy) is 1. The normalized spacial score (nSPS) is 18.8. The Balaban J connectivity index is 1.70. The predicted octanol–water partition coefficient (Wildman–Crippen LogP) is 3.73. The van der Waals surface area contributed by atoms with E-state index in [-0.39, 0.29) is 30.0 Å². The Bertz CT molecular complexity index is 847. The van der Waals surface area contributed by atoms with E-state index in [1.807, 2.05) is 56.3 Å². The molecule has 0 unspecified atom stereocenters. The number of rotatable bonds is 7. The summed E-state index contributed by atoms with van der Waals surface area (Å²) in [5.74, 6) is -0.194. The summed E-state index contributed by atoms with van der Waals surface area (Å²) < 4.78 is 5.80. The minimum absolute atomic E-state index is 0.0839. The van der Waals surface area contributed by atoms with Gasteiger partial charge >= 0.3 is 0 Å². The van der Waals surface area contributed by atoms with Crippen LogP contribution in [0.15, 0.2) is 72.3 Å². The van der Waals surface area contributed by atoms with Gasteiger partial charge in [-0.25, -0.2) is 0 Å². The van der Waals surface area contributed by atoms with Gasteiger partial charge in [0, 0.05) is 17.2 Å². The first kappa shape index (κ1) is 20.8. The Morgan fingerprint density at radius 1 is 0.897 bits per heavy atom. The van der Waals surface area contributed by atoms with E-state index in [1.54, 1.807) is 24.3 Å². The van der Waals surface area contributed by atoms with Crippen LogP contribution in [0.2, 0.25) is 0 Å². The molecule has 0 saturated carbocycles. The number of carbonyl (C=O) groups is 2. The van der Waals surface area contributed by atoms with Crippen molar-refractivity contribution < 1.29 is 14.3 Å². The molecule has 152 valence electrons. The zero-order valence-corrected chi connectivity index (χ0v) is 16.9. The van der Waals surface area contributed by atoms with Gasteiger partial charge in [-0.1, -0.05) is 42.5 Å². The van der Waals surface area contributed by atoms with Crippen LogP contribution in [-0.4, -0.2) is 36.6 Å². The molecule has 0 aliphatic heterocycles. The molecule has 2 amide bonds. The zero-order valence-electron chi connectivity index (χ0n) is 16.9. The first-order valence-electron chi connectivity index (χ1n) is 10.1. The maximum atomic E-state index is 12.6. The van der Waals surface area contributed by atoms with Crippen molar-refractivity contribution in [1.82, 2.24) is 10.6 Å². The second-order valence-electron chi connectivity index (χ2n) is 7.52. The monoisotopic (exact) mass is 392 g/mol.